The van der Waals surface area contributed by atoms with Gasteiger partial charge in [-0.2, -0.15) is 0 Å². The van der Waals surface area contributed by atoms with Crippen molar-refractivity contribution in [2.75, 3.05) is 14.2 Å². The molecule has 20 heavy (non-hydrogen) atoms. The zero-order valence-corrected chi connectivity index (χ0v) is 12.7. The fraction of sp³-hybridized carbons (Fsp3) is 0.333. The molecule has 1 aromatic carbocycles. The normalized spacial score (nSPS) is 10.3. The van der Waals surface area contributed by atoms with Gasteiger partial charge < -0.3 is 9.64 Å². The van der Waals surface area contributed by atoms with Crippen LogP contribution in [0.5, 0.6) is 5.75 Å². The van der Waals surface area contributed by atoms with Crippen LogP contribution in [-0.4, -0.2) is 29.9 Å². The predicted octanol–water partition coefficient (Wildman–Crippen LogP) is 2.66. The van der Waals surface area contributed by atoms with E-state index in [2.05, 4.69) is 4.98 Å². The van der Waals surface area contributed by atoms with Crippen LogP contribution in [0.15, 0.2) is 29.6 Å². The van der Waals surface area contributed by atoms with E-state index in [9.17, 15) is 4.79 Å². The van der Waals surface area contributed by atoms with E-state index in [1.54, 1.807) is 30.4 Å². The fourth-order valence-corrected chi connectivity index (χ4v) is 2.56. The van der Waals surface area contributed by atoms with Crippen LogP contribution in [-0.2, 0) is 17.8 Å². The van der Waals surface area contributed by atoms with Gasteiger partial charge in [0, 0.05) is 18.0 Å². The molecule has 0 fully saturated rings. The van der Waals surface area contributed by atoms with Gasteiger partial charge in [-0.25, -0.2) is 4.98 Å². The van der Waals surface area contributed by atoms with Crippen molar-refractivity contribution in [1.82, 2.24) is 9.88 Å². The molecule has 106 valence electrons. The Hall–Kier alpha value is -1.88. The average Bonchev–Trinajstić information content (AvgIpc) is 2.84. The van der Waals surface area contributed by atoms with Crippen LogP contribution < -0.4 is 4.74 Å². The van der Waals surface area contributed by atoms with Crippen LogP contribution in [0.2, 0.25) is 0 Å². The first-order valence-corrected chi connectivity index (χ1v) is 7.25. The third-order valence-corrected chi connectivity index (χ3v) is 3.85. The number of rotatable bonds is 5. The van der Waals surface area contributed by atoms with Crippen molar-refractivity contribution < 1.29 is 9.53 Å². The molecule has 0 atom stereocenters. The topological polar surface area (TPSA) is 42.4 Å². The number of likely N-dealkylation sites (N-methyl/N-ethyl adjacent to an activating group) is 1. The number of methoxy groups -OCH3 is 1. The summed E-state index contributed by atoms with van der Waals surface area (Å²) in [6, 6.07) is 7.59. The standard InChI is InChI=1S/C15H18N2O2S/c1-11-16-13(10-20-11)9-17(2)15(18)8-12-6-4-5-7-14(12)19-3/h4-7,10H,8-9H2,1-3H3. The molecule has 0 saturated heterocycles. The van der Waals surface area contributed by atoms with Gasteiger partial charge in [0.25, 0.3) is 0 Å². The van der Waals surface area contributed by atoms with E-state index in [1.807, 2.05) is 36.6 Å². The molecule has 2 aromatic rings. The van der Waals surface area contributed by atoms with Gasteiger partial charge in [-0.15, -0.1) is 11.3 Å². The van der Waals surface area contributed by atoms with E-state index in [-0.39, 0.29) is 5.91 Å². The van der Waals surface area contributed by atoms with Crippen molar-refractivity contribution in [3.63, 3.8) is 0 Å². The van der Waals surface area contributed by atoms with Gasteiger partial charge in [-0.05, 0) is 13.0 Å². The zero-order valence-electron chi connectivity index (χ0n) is 11.9. The van der Waals surface area contributed by atoms with Crippen LogP contribution in [0.3, 0.4) is 0 Å². The lowest BCUT2D eigenvalue weighted by Gasteiger charge is -2.16. The van der Waals surface area contributed by atoms with Gasteiger partial charge in [-0.1, -0.05) is 18.2 Å². The molecule has 0 unspecified atom stereocenters. The second-order valence-corrected chi connectivity index (χ2v) is 5.66. The molecule has 0 N–H and O–H groups in total. The Morgan fingerprint density at radius 2 is 2.15 bits per heavy atom. The van der Waals surface area contributed by atoms with Gasteiger partial charge in [0.05, 0.1) is 30.8 Å². The van der Waals surface area contributed by atoms with E-state index in [0.29, 0.717) is 13.0 Å². The minimum atomic E-state index is 0.0557. The van der Waals surface area contributed by atoms with Crippen molar-refractivity contribution >= 4 is 17.2 Å². The number of para-hydroxylation sites is 1. The average molecular weight is 290 g/mol. The Kier molecular flexibility index (Phi) is 4.74. The number of aromatic nitrogens is 1. The monoisotopic (exact) mass is 290 g/mol. The number of hydrogen-bond acceptors (Lipinski definition) is 4. The highest BCUT2D eigenvalue weighted by Gasteiger charge is 2.13. The Morgan fingerprint density at radius 1 is 1.40 bits per heavy atom. The Morgan fingerprint density at radius 3 is 2.80 bits per heavy atom. The summed E-state index contributed by atoms with van der Waals surface area (Å²) in [4.78, 5) is 18.3. The van der Waals surface area contributed by atoms with Crippen LogP contribution in [0.1, 0.15) is 16.3 Å². The van der Waals surface area contributed by atoms with Crippen LogP contribution in [0.4, 0.5) is 0 Å². The minimum Gasteiger partial charge on any atom is -0.496 e. The number of benzene rings is 1. The lowest BCUT2D eigenvalue weighted by molar-refractivity contribution is -0.129. The lowest BCUT2D eigenvalue weighted by Crippen LogP contribution is -2.28. The molecule has 0 spiro atoms. The van der Waals surface area contributed by atoms with Gasteiger partial charge in [-0.3, -0.25) is 4.79 Å². The van der Waals surface area contributed by atoms with Gasteiger partial charge in [0.1, 0.15) is 5.75 Å². The molecule has 0 aliphatic heterocycles. The molecule has 1 amide bonds. The van der Waals surface area contributed by atoms with E-state index in [4.69, 9.17) is 4.74 Å². The summed E-state index contributed by atoms with van der Waals surface area (Å²) in [5.41, 5.74) is 1.84. The summed E-state index contributed by atoms with van der Waals surface area (Å²) in [6.45, 7) is 2.50. The first-order valence-electron chi connectivity index (χ1n) is 6.37. The third-order valence-electron chi connectivity index (χ3n) is 3.03. The maximum Gasteiger partial charge on any atom is 0.227 e. The molecule has 0 aliphatic carbocycles. The lowest BCUT2D eigenvalue weighted by atomic mass is 10.1. The van der Waals surface area contributed by atoms with Crippen molar-refractivity contribution in [1.29, 1.82) is 0 Å². The highest BCUT2D eigenvalue weighted by molar-refractivity contribution is 7.09. The molecule has 1 heterocycles. The summed E-state index contributed by atoms with van der Waals surface area (Å²) >= 11 is 1.60. The molecule has 0 radical (unpaired) electrons. The highest BCUT2D eigenvalue weighted by atomic mass is 32.1. The number of thiazole rings is 1. The Bertz CT molecular complexity index is 595. The van der Waals surface area contributed by atoms with E-state index < -0.39 is 0 Å². The van der Waals surface area contributed by atoms with Gasteiger partial charge in [0.2, 0.25) is 5.91 Å². The molecule has 0 aliphatic rings. The van der Waals surface area contributed by atoms with Crippen LogP contribution >= 0.6 is 11.3 Å². The second kappa shape index (κ2) is 6.52. The summed E-state index contributed by atoms with van der Waals surface area (Å²) < 4.78 is 5.27. The number of nitrogens with zero attached hydrogens (tertiary/aromatic N) is 2. The molecule has 0 saturated carbocycles. The quantitative estimate of drug-likeness (QED) is 0.850. The van der Waals surface area contributed by atoms with Crippen molar-refractivity contribution in [3.8, 4) is 5.75 Å². The molecule has 5 heteroatoms. The molecule has 4 nitrogen and oxygen atoms in total. The number of carbonyl (C=O) groups excluding carboxylic acids is 1. The Balaban J connectivity index is 2.00. The predicted molar refractivity (Wildman–Crippen MR) is 80.0 cm³/mol. The SMILES string of the molecule is COc1ccccc1CC(=O)N(C)Cc1csc(C)n1. The third kappa shape index (κ3) is 3.57. The largest absolute Gasteiger partial charge is 0.496 e. The fourth-order valence-electron chi connectivity index (χ4n) is 1.96. The zero-order chi connectivity index (χ0) is 14.5. The van der Waals surface area contributed by atoms with Crippen LogP contribution in [0, 0.1) is 6.92 Å². The highest BCUT2D eigenvalue weighted by Crippen LogP contribution is 2.19. The number of ether oxygens (including phenoxy) is 1. The van der Waals surface area contributed by atoms with E-state index in [0.717, 1.165) is 22.0 Å². The number of amides is 1. The maximum absolute atomic E-state index is 12.2. The maximum atomic E-state index is 12.2. The summed E-state index contributed by atoms with van der Waals surface area (Å²) in [5.74, 6) is 0.805. The van der Waals surface area contributed by atoms with Crippen molar-refractivity contribution in [2.24, 2.45) is 0 Å². The van der Waals surface area contributed by atoms with Gasteiger partial charge in [0.15, 0.2) is 0 Å². The molecule has 0 bridgehead atoms. The minimum absolute atomic E-state index is 0.0557. The second-order valence-electron chi connectivity index (χ2n) is 4.60. The summed E-state index contributed by atoms with van der Waals surface area (Å²) in [5, 5.41) is 3.01. The van der Waals surface area contributed by atoms with Crippen LogP contribution in [0.25, 0.3) is 0 Å². The van der Waals surface area contributed by atoms with E-state index in [1.165, 1.54) is 0 Å². The summed E-state index contributed by atoms with van der Waals surface area (Å²) in [6.07, 6.45) is 0.337. The Labute approximate surface area is 123 Å². The van der Waals surface area contributed by atoms with Gasteiger partial charge >= 0.3 is 0 Å². The number of aryl methyl sites for hydroxylation is 1. The number of hydrogen-bond donors (Lipinski definition) is 0. The molecular formula is C15H18N2O2S. The number of carbonyl (C=O) groups is 1. The van der Waals surface area contributed by atoms with Crippen molar-refractivity contribution in [3.05, 3.63) is 45.9 Å². The molecule has 1 aromatic heterocycles. The van der Waals surface area contributed by atoms with E-state index >= 15 is 0 Å². The first-order chi connectivity index (χ1) is 9.60. The van der Waals surface area contributed by atoms with Crippen molar-refractivity contribution in [2.45, 2.75) is 19.9 Å². The smallest absolute Gasteiger partial charge is 0.227 e. The first kappa shape index (κ1) is 14.5. The molecule has 2 rings (SSSR count). The molecular weight excluding hydrogens is 272 g/mol. The summed E-state index contributed by atoms with van der Waals surface area (Å²) in [7, 11) is 3.41.